The topological polar surface area (TPSA) is 0 Å². The molecule has 0 saturated carbocycles. The summed E-state index contributed by atoms with van der Waals surface area (Å²) in [6, 6.07) is 6.97. The van der Waals surface area contributed by atoms with Crippen LogP contribution in [0.1, 0.15) is 18.9 Å². The van der Waals surface area contributed by atoms with Crippen LogP contribution in [0.3, 0.4) is 0 Å². The molecule has 2 heteroatoms. The van der Waals surface area contributed by atoms with Crippen LogP contribution in [0.4, 0.5) is 4.39 Å². The van der Waals surface area contributed by atoms with E-state index in [1.807, 2.05) is 12.1 Å². The zero-order valence-corrected chi connectivity index (χ0v) is 8.03. The maximum absolute atomic E-state index is 13.0. The van der Waals surface area contributed by atoms with Gasteiger partial charge in [0, 0.05) is 5.75 Å². The van der Waals surface area contributed by atoms with Crippen LogP contribution in [0.5, 0.6) is 0 Å². The van der Waals surface area contributed by atoms with Gasteiger partial charge in [0.15, 0.2) is 0 Å². The van der Waals surface area contributed by atoms with Gasteiger partial charge in [-0.25, -0.2) is 4.39 Å². The summed E-state index contributed by atoms with van der Waals surface area (Å²) in [5.74, 6) is 1.82. The van der Waals surface area contributed by atoms with E-state index in [0.29, 0.717) is 0 Å². The summed E-state index contributed by atoms with van der Waals surface area (Å²) >= 11 is 1.78. The molecule has 0 aliphatic carbocycles. The van der Waals surface area contributed by atoms with Crippen molar-refractivity contribution in [2.75, 3.05) is 5.75 Å². The highest BCUT2D eigenvalue weighted by Gasteiger charge is 1.98. The fourth-order valence-electron chi connectivity index (χ4n) is 0.942. The zero-order valence-electron chi connectivity index (χ0n) is 7.22. The van der Waals surface area contributed by atoms with Gasteiger partial charge in [-0.2, -0.15) is 11.8 Å². The summed E-state index contributed by atoms with van der Waals surface area (Å²) < 4.78 is 13.0. The molecule has 0 aliphatic heterocycles. The first-order chi connectivity index (χ1) is 5.84. The number of benzene rings is 1. The van der Waals surface area contributed by atoms with Crippen LogP contribution < -0.4 is 0 Å². The highest BCUT2D eigenvalue weighted by molar-refractivity contribution is 7.98. The molecule has 0 saturated heterocycles. The summed E-state index contributed by atoms with van der Waals surface area (Å²) in [6.07, 6.45) is 1.15. The molecule has 0 nitrogen and oxygen atoms in total. The van der Waals surface area contributed by atoms with Gasteiger partial charge in [-0.1, -0.05) is 25.1 Å². The lowest BCUT2D eigenvalue weighted by atomic mass is 10.2. The lowest BCUT2D eigenvalue weighted by Crippen LogP contribution is -1.86. The Morgan fingerprint density at radius 1 is 1.33 bits per heavy atom. The summed E-state index contributed by atoms with van der Waals surface area (Å²) in [6.45, 7) is 2.13. The fourth-order valence-corrected chi connectivity index (χ4v) is 1.83. The van der Waals surface area contributed by atoms with Crippen LogP contribution in [-0.2, 0) is 5.75 Å². The molecule has 0 amide bonds. The molecule has 0 radical (unpaired) electrons. The van der Waals surface area contributed by atoms with Crippen LogP contribution in [0, 0.1) is 5.82 Å². The van der Waals surface area contributed by atoms with E-state index < -0.39 is 0 Å². The van der Waals surface area contributed by atoms with E-state index in [2.05, 4.69) is 6.92 Å². The van der Waals surface area contributed by atoms with E-state index in [0.717, 1.165) is 23.5 Å². The highest BCUT2D eigenvalue weighted by Crippen LogP contribution is 2.15. The van der Waals surface area contributed by atoms with Gasteiger partial charge in [0.05, 0.1) is 0 Å². The molecule has 12 heavy (non-hydrogen) atoms. The van der Waals surface area contributed by atoms with Gasteiger partial charge >= 0.3 is 0 Å². The Morgan fingerprint density at radius 3 is 2.75 bits per heavy atom. The maximum atomic E-state index is 13.0. The summed E-state index contributed by atoms with van der Waals surface area (Å²) in [4.78, 5) is 0. The van der Waals surface area contributed by atoms with Crippen LogP contribution >= 0.6 is 11.8 Å². The van der Waals surface area contributed by atoms with Gasteiger partial charge in [-0.05, 0) is 23.8 Å². The van der Waals surface area contributed by atoms with Gasteiger partial charge in [-0.3, -0.25) is 0 Å². The lowest BCUT2D eigenvalue weighted by Gasteiger charge is -2.00. The molecule has 1 rings (SSSR count). The molecule has 0 spiro atoms. The minimum atomic E-state index is -0.0823. The van der Waals surface area contributed by atoms with E-state index in [1.54, 1.807) is 17.8 Å². The molecule has 1 aromatic rings. The van der Waals surface area contributed by atoms with Crippen molar-refractivity contribution in [2.24, 2.45) is 0 Å². The van der Waals surface area contributed by atoms with Crippen molar-refractivity contribution in [1.29, 1.82) is 0 Å². The standard InChI is InChI=1S/C10H13FS/c1-2-7-12-8-9-5-3-4-6-10(9)11/h3-6H,2,7-8H2,1H3. The Morgan fingerprint density at radius 2 is 2.08 bits per heavy atom. The molecule has 0 N–H and O–H groups in total. The Labute approximate surface area is 77.2 Å². The van der Waals surface area contributed by atoms with E-state index in [1.165, 1.54) is 6.07 Å². The van der Waals surface area contributed by atoms with Crippen molar-refractivity contribution in [1.82, 2.24) is 0 Å². The first kappa shape index (κ1) is 9.59. The third-order valence-electron chi connectivity index (χ3n) is 1.56. The minimum Gasteiger partial charge on any atom is -0.207 e. The van der Waals surface area contributed by atoms with E-state index in [-0.39, 0.29) is 5.82 Å². The molecule has 0 atom stereocenters. The second-order valence-corrected chi connectivity index (χ2v) is 3.75. The molecular formula is C10H13FS. The molecule has 0 aromatic heterocycles. The second kappa shape index (κ2) is 5.20. The Hall–Kier alpha value is -0.500. The SMILES string of the molecule is CCCSCc1ccccc1F. The van der Waals surface area contributed by atoms with Crippen molar-refractivity contribution >= 4 is 11.8 Å². The Kier molecular flexibility index (Phi) is 4.15. The van der Waals surface area contributed by atoms with Crippen molar-refractivity contribution in [3.63, 3.8) is 0 Å². The highest BCUT2D eigenvalue weighted by atomic mass is 32.2. The van der Waals surface area contributed by atoms with Crippen molar-refractivity contribution in [3.05, 3.63) is 35.6 Å². The maximum Gasteiger partial charge on any atom is 0.127 e. The van der Waals surface area contributed by atoms with E-state index >= 15 is 0 Å². The zero-order chi connectivity index (χ0) is 8.81. The van der Waals surface area contributed by atoms with Gasteiger partial charge in [0.1, 0.15) is 5.82 Å². The number of rotatable bonds is 4. The van der Waals surface area contributed by atoms with Gasteiger partial charge in [0.2, 0.25) is 0 Å². The molecule has 66 valence electrons. The van der Waals surface area contributed by atoms with Crippen LogP contribution in [0.2, 0.25) is 0 Å². The van der Waals surface area contributed by atoms with E-state index in [9.17, 15) is 4.39 Å². The van der Waals surface area contributed by atoms with Gasteiger partial charge < -0.3 is 0 Å². The summed E-state index contributed by atoms with van der Waals surface area (Å²) in [5, 5.41) is 0. The number of hydrogen-bond acceptors (Lipinski definition) is 1. The number of thioether (sulfide) groups is 1. The fraction of sp³-hybridized carbons (Fsp3) is 0.400. The molecule has 0 bridgehead atoms. The largest absolute Gasteiger partial charge is 0.207 e. The average molecular weight is 184 g/mol. The molecule has 0 heterocycles. The second-order valence-electron chi connectivity index (χ2n) is 2.64. The van der Waals surface area contributed by atoms with Gasteiger partial charge in [0.25, 0.3) is 0 Å². The van der Waals surface area contributed by atoms with Crippen molar-refractivity contribution < 1.29 is 4.39 Å². The van der Waals surface area contributed by atoms with Gasteiger partial charge in [-0.15, -0.1) is 0 Å². The molecular weight excluding hydrogens is 171 g/mol. The van der Waals surface area contributed by atoms with E-state index in [4.69, 9.17) is 0 Å². The molecule has 0 fully saturated rings. The lowest BCUT2D eigenvalue weighted by molar-refractivity contribution is 0.617. The quantitative estimate of drug-likeness (QED) is 0.646. The van der Waals surface area contributed by atoms with Crippen LogP contribution in [-0.4, -0.2) is 5.75 Å². The third-order valence-corrected chi connectivity index (χ3v) is 2.78. The normalized spacial score (nSPS) is 10.2. The predicted octanol–water partition coefficient (Wildman–Crippen LogP) is 3.47. The average Bonchev–Trinajstić information content (AvgIpc) is 2.09. The van der Waals surface area contributed by atoms with Crippen LogP contribution in [0.15, 0.2) is 24.3 Å². The predicted molar refractivity (Wildman–Crippen MR) is 52.9 cm³/mol. The summed E-state index contributed by atoms with van der Waals surface area (Å²) in [7, 11) is 0. The number of hydrogen-bond donors (Lipinski definition) is 0. The first-order valence-electron chi connectivity index (χ1n) is 4.15. The third kappa shape index (κ3) is 2.86. The minimum absolute atomic E-state index is 0.0823. The first-order valence-corrected chi connectivity index (χ1v) is 5.31. The van der Waals surface area contributed by atoms with Crippen LogP contribution in [0.25, 0.3) is 0 Å². The molecule has 0 aliphatic rings. The summed E-state index contributed by atoms with van der Waals surface area (Å²) in [5.41, 5.74) is 0.816. The van der Waals surface area contributed by atoms with Crippen molar-refractivity contribution in [3.8, 4) is 0 Å². The molecule has 1 aromatic carbocycles. The Balaban J connectivity index is 2.46. The Bertz CT molecular complexity index is 235. The number of halogens is 1. The molecule has 0 unspecified atom stereocenters. The van der Waals surface area contributed by atoms with Crippen molar-refractivity contribution in [2.45, 2.75) is 19.1 Å². The monoisotopic (exact) mass is 184 g/mol. The smallest absolute Gasteiger partial charge is 0.127 e.